The third kappa shape index (κ3) is 4.37. The van der Waals surface area contributed by atoms with Crippen LogP contribution in [-0.4, -0.2) is 34.7 Å². The van der Waals surface area contributed by atoms with E-state index in [1.807, 2.05) is 13.8 Å². The van der Waals surface area contributed by atoms with Crippen LogP contribution in [0.5, 0.6) is 0 Å². The van der Waals surface area contributed by atoms with Crippen LogP contribution in [0.15, 0.2) is 42.5 Å². The molecule has 2 rings (SSSR count). The number of nitro benzene ring substituents is 1. The molecule has 0 saturated carbocycles. The monoisotopic (exact) mass is 375 g/mol. The van der Waals surface area contributed by atoms with Gasteiger partial charge in [0.05, 0.1) is 15.5 Å². The fourth-order valence-electron chi connectivity index (χ4n) is 2.42. The predicted octanol–water partition coefficient (Wildman–Crippen LogP) is 3.98. The van der Waals surface area contributed by atoms with Gasteiger partial charge in [0.15, 0.2) is 0 Å². The van der Waals surface area contributed by atoms with Crippen LogP contribution in [0.2, 0.25) is 5.02 Å². The summed E-state index contributed by atoms with van der Waals surface area (Å²) < 4.78 is 0. The number of anilines is 1. The second-order valence-corrected chi connectivity index (χ2v) is 5.84. The number of nitrogens with one attached hydrogen (secondary N) is 1. The molecule has 136 valence electrons. The number of rotatable bonds is 6. The maximum Gasteiger partial charge on any atom is 0.270 e. The van der Waals surface area contributed by atoms with Crippen LogP contribution in [0, 0.1) is 10.1 Å². The summed E-state index contributed by atoms with van der Waals surface area (Å²) >= 11 is 5.97. The number of hydrogen-bond donors (Lipinski definition) is 1. The zero-order valence-corrected chi connectivity index (χ0v) is 15.1. The Kier molecular flexibility index (Phi) is 6.30. The Labute approximate surface area is 155 Å². The lowest BCUT2D eigenvalue weighted by Crippen LogP contribution is -2.30. The number of non-ortho nitro benzene ring substituents is 1. The van der Waals surface area contributed by atoms with Crippen LogP contribution in [0.1, 0.15) is 34.6 Å². The average molecular weight is 376 g/mol. The average Bonchev–Trinajstić information content (AvgIpc) is 2.62. The number of nitro groups is 1. The number of carbonyl (C=O) groups excluding carboxylic acids is 2. The number of amides is 2. The highest BCUT2D eigenvalue weighted by Crippen LogP contribution is 2.23. The van der Waals surface area contributed by atoms with E-state index in [1.165, 1.54) is 12.1 Å². The van der Waals surface area contributed by atoms with Gasteiger partial charge in [-0.3, -0.25) is 19.7 Å². The Morgan fingerprint density at radius 2 is 1.85 bits per heavy atom. The first kappa shape index (κ1) is 19.4. The van der Waals surface area contributed by atoms with Gasteiger partial charge >= 0.3 is 0 Å². The summed E-state index contributed by atoms with van der Waals surface area (Å²) in [6.07, 6.45) is 0. The first-order valence-electron chi connectivity index (χ1n) is 8.02. The van der Waals surface area contributed by atoms with Gasteiger partial charge in [0.1, 0.15) is 0 Å². The van der Waals surface area contributed by atoms with Crippen molar-refractivity contribution in [3.8, 4) is 0 Å². The van der Waals surface area contributed by atoms with Crippen molar-refractivity contribution in [2.24, 2.45) is 0 Å². The van der Waals surface area contributed by atoms with E-state index in [0.29, 0.717) is 24.3 Å². The molecule has 0 atom stereocenters. The summed E-state index contributed by atoms with van der Waals surface area (Å²) in [6, 6.07) is 10.2. The van der Waals surface area contributed by atoms with Crippen LogP contribution in [0.25, 0.3) is 0 Å². The summed E-state index contributed by atoms with van der Waals surface area (Å²) in [5.41, 5.74) is 0.805. The lowest BCUT2D eigenvalue weighted by Gasteiger charge is -2.19. The fourth-order valence-corrected chi connectivity index (χ4v) is 2.68. The smallest absolute Gasteiger partial charge is 0.270 e. The van der Waals surface area contributed by atoms with Crippen molar-refractivity contribution in [3.05, 3.63) is 68.7 Å². The molecule has 8 heteroatoms. The Morgan fingerprint density at radius 1 is 1.15 bits per heavy atom. The normalized spacial score (nSPS) is 10.3. The van der Waals surface area contributed by atoms with Gasteiger partial charge in [-0.25, -0.2) is 0 Å². The summed E-state index contributed by atoms with van der Waals surface area (Å²) in [7, 11) is 0. The van der Waals surface area contributed by atoms with E-state index < -0.39 is 10.8 Å². The van der Waals surface area contributed by atoms with Crippen molar-refractivity contribution in [2.75, 3.05) is 18.4 Å². The van der Waals surface area contributed by atoms with Gasteiger partial charge in [0.25, 0.3) is 17.5 Å². The van der Waals surface area contributed by atoms with Gasteiger partial charge in [0.2, 0.25) is 0 Å². The van der Waals surface area contributed by atoms with Crippen molar-refractivity contribution in [1.82, 2.24) is 4.90 Å². The molecular formula is C18H18ClN3O4. The number of nitrogens with zero attached hydrogens (tertiary/aromatic N) is 2. The van der Waals surface area contributed by atoms with Crippen LogP contribution in [-0.2, 0) is 0 Å². The third-order valence-corrected chi connectivity index (χ3v) is 4.14. The molecule has 0 heterocycles. The quantitative estimate of drug-likeness (QED) is 0.610. The second kappa shape index (κ2) is 8.44. The van der Waals surface area contributed by atoms with Gasteiger partial charge < -0.3 is 10.2 Å². The van der Waals surface area contributed by atoms with E-state index >= 15 is 0 Å². The molecule has 2 aromatic carbocycles. The molecule has 2 aromatic rings. The summed E-state index contributed by atoms with van der Waals surface area (Å²) in [5.74, 6) is -0.642. The molecule has 0 aliphatic carbocycles. The van der Waals surface area contributed by atoms with E-state index in [9.17, 15) is 19.7 Å². The van der Waals surface area contributed by atoms with Crippen LogP contribution in [0.3, 0.4) is 0 Å². The molecule has 2 amide bonds. The maximum absolute atomic E-state index is 12.4. The maximum atomic E-state index is 12.4. The van der Waals surface area contributed by atoms with Gasteiger partial charge in [-0.15, -0.1) is 0 Å². The Bertz CT molecular complexity index is 850. The molecule has 0 unspecified atom stereocenters. The summed E-state index contributed by atoms with van der Waals surface area (Å²) in [6.45, 7) is 4.96. The van der Waals surface area contributed by atoms with Gasteiger partial charge in [0, 0.05) is 36.5 Å². The molecule has 0 fully saturated rings. The van der Waals surface area contributed by atoms with Crippen molar-refractivity contribution < 1.29 is 14.5 Å². The molecule has 0 radical (unpaired) electrons. The lowest BCUT2D eigenvalue weighted by molar-refractivity contribution is -0.384. The van der Waals surface area contributed by atoms with Crippen molar-refractivity contribution in [2.45, 2.75) is 13.8 Å². The number of carbonyl (C=O) groups is 2. The minimum Gasteiger partial charge on any atom is -0.339 e. The van der Waals surface area contributed by atoms with Gasteiger partial charge in [-0.1, -0.05) is 17.7 Å². The Balaban J connectivity index is 2.21. The van der Waals surface area contributed by atoms with Crippen LogP contribution in [0.4, 0.5) is 11.4 Å². The standard InChI is InChI=1S/C18H18ClN3O4/c1-3-21(4-2)18(24)12-6-5-7-13(10-12)20-17(23)15-9-8-14(22(25)26)11-16(15)19/h5-11H,3-4H2,1-2H3,(H,20,23). The highest BCUT2D eigenvalue weighted by Gasteiger charge is 2.16. The van der Waals surface area contributed by atoms with Crippen LogP contribution < -0.4 is 5.32 Å². The molecule has 7 nitrogen and oxygen atoms in total. The molecule has 26 heavy (non-hydrogen) atoms. The molecule has 0 aromatic heterocycles. The zero-order chi connectivity index (χ0) is 19.3. The minimum atomic E-state index is -0.587. The van der Waals surface area contributed by atoms with Gasteiger partial charge in [-0.05, 0) is 38.1 Å². The predicted molar refractivity (Wildman–Crippen MR) is 99.8 cm³/mol. The first-order chi connectivity index (χ1) is 12.4. The second-order valence-electron chi connectivity index (χ2n) is 5.43. The molecule has 1 N–H and O–H groups in total. The molecule has 0 aliphatic rings. The highest BCUT2D eigenvalue weighted by atomic mass is 35.5. The van der Waals surface area contributed by atoms with Crippen molar-refractivity contribution in [3.63, 3.8) is 0 Å². The topological polar surface area (TPSA) is 92.6 Å². The van der Waals surface area contributed by atoms with Crippen LogP contribution >= 0.6 is 11.6 Å². The number of halogens is 1. The van der Waals surface area contributed by atoms with Crippen molar-refractivity contribution >= 4 is 34.8 Å². The number of benzene rings is 2. The third-order valence-electron chi connectivity index (χ3n) is 3.83. The fraction of sp³-hybridized carbons (Fsp3) is 0.222. The van der Waals surface area contributed by atoms with E-state index in [1.54, 1.807) is 29.2 Å². The largest absolute Gasteiger partial charge is 0.339 e. The van der Waals surface area contributed by atoms with Crippen molar-refractivity contribution in [1.29, 1.82) is 0 Å². The molecule has 0 aliphatic heterocycles. The molecule has 0 bridgehead atoms. The molecular weight excluding hydrogens is 358 g/mol. The van der Waals surface area contributed by atoms with E-state index in [4.69, 9.17) is 11.6 Å². The summed E-state index contributed by atoms with van der Waals surface area (Å²) in [5, 5.41) is 13.4. The Hall–Kier alpha value is -2.93. The minimum absolute atomic E-state index is 0.0212. The van der Waals surface area contributed by atoms with E-state index in [2.05, 4.69) is 5.32 Å². The zero-order valence-electron chi connectivity index (χ0n) is 14.4. The SMILES string of the molecule is CCN(CC)C(=O)c1cccc(NC(=O)c2ccc([N+](=O)[O-])cc2Cl)c1. The highest BCUT2D eigenvalue weighted by molar-refractivity contribution is 6.34. The summed E-state index contributed by atoms with van der Waals surface area (Å²) in [4.78, 5) is 36.6. The van der Waals surface area contributed by atoms with E-state index in [-0.39, 0.29) is 22.2 Å². The van der Waals surface area contributed by atoms with Gasteiger partial charge in [-0.2, -0.15) is 0 Å². The Morgan fingerprint density at radius 3 is 2.42 bits per heavy atom. The van der Waals surface area contributed by atoms with E-state index in [0.717, 1.165) is 6.07 Å². The molecule has 0 spiro atoms. The first-order valence-corrected chi connectivity index (χ1v) is 8.39. The lowest BCUT2D eigenvalue weighted by atomic mass is 10.1. The number of hydrogen-bond acceptors (Lipinski definition) is 4. The molecule has 0 saturated heterocycles.